The molecule has 0 radical (unpaired) electrons. The molecule has 0 saturated heterocycles. The number of aromatic nitrogens is 3. The standard InChI is InChI=1S/C25H18N6O3S/c26-13-17-5-4-6-18(11-17)14-27-28-23(32)15-35-25-30-29-24(31(25)20-7-2-1-3-8-20)19-9-10-21-22(12-19)34-16-33-21/h1-12,14H,15-16H2,(H,28,32). The molecule has 1 N–H and O–H groups in total. The van der Waals surface area contributed by atoms with Crippen molar-refractivity contribution < 1.29 is 14.3 Å². The SMILES string of the molecule is N#Cc1cccc(C=NNC(=O)CSc2nnc(-c3ccc4c(c3)OCO4)n2-c2ccccc2)c1. The molecule has 2 heterocycles. The number of nitrogens with zero attached hydrogens (tertiary/aromatic N) is 5. The lowest BCUT2D eigenvalue weighted by atomic mass is 10.1. The molecule has 1 aliphatic rings. The fourth-order valence-electron chi connectivity index (χ4n) is 3.43. The van der Waals surface area contributed by atoms with E-state index >= 15 is 0 Å². The van der Waals surface area contributed by atoms with Crippen LogP contribution in [0.3, 0.4) is 0 Å². The molecule has 10 heteroatoms. The lowest BCUT2D eigenvalue weighted by Gasteiger charge is -2.10. The van der Waals surface area contributed by atoms with Gasteiger partial charge in [0.2, 0.25) is 6.79 Å². The number of hydrogen-bond acceptors (Lipinski definition) is 8. The summed E-state index contributed by atoms with van der Waals surface area (Å²) in [6.45, 7) is 0.187. The Kier molecular flexibility index (Phi) is 6.41. The van der Waals surface area contributed by atoms with Gasteiger partial charge in [-0.05, 0) is 48.0 Å². The molecule has 0 spiro atoms. The number of hydrogen-bond donors (Lipinski definition) is 1. The van der Waals surface area contributed by atoms with E-state index in [4.69, 9.17) is 14.7 Å². The highest BCUT2D eigenvalue weighted by Gasteiger charge is 2.20. The molecule has 3 aromatic carbocycles. The normalized spacial score (nSPS) is 12.0. The van der Waals surface area contributed by atoms with Crippen molar-refractivity contribution in [2.24, 2.45) is 5.10 Å². The molecule has 0 saturated carbocycles. The first-order valence-electron chi connectivity index (χ1n) is 10.6. The van der Waals surface area contributed by atoms with Gasteiger partial charge in [0.25, 0.3) is 5.91 Å². The van der Waals surface area contributed by atoms with Gasteiger partial charge in [-0.1, -0.05) is 42.1 Å². The minimum absolute atomic E-state index is 0.0850. The fourth-order valence-corrected chi connectivity index (χ4v) is 4.17. The molecule has 5 rings (SSSR count). The number of amides is 1. The molecule has 0 aliphatic carbocycles. The number of nitriles is 1. The third-order valence-electron chi connectivity index (χ3n) is 5.03. The summed E-state index contributed by atoms with van der Waals surface area (Å²) in [7, 11) is 0. The van der Waals surface area contributed by atoms with Gasteiger partial charge in [0.1, 0.15) is 0 Å². The largest absolute Gasteiger partial charge is 0.454 e. The average molecular weight is 483 g/mol. The van der Waals surface area contributed by atoms with Crippen LogP contribution in [-0.4, -0.2) is 39.4 Å². The third-order valence-corrected chi connectivity index (χ3v) is 5.96. The molecule has 4 aromatic rings. The number of carbonyl (C=O) groups excluding carboxylic acids is 1. The van der Waals surface area contributed by atoms with Gasteiger partial charge in [0, 0.05) is 11.3 Å². The van der Waals surface area contributed by atoms with Crippen LogP contribution < -0.4 is 14.9 Å². The van der Waals surface area contributed by atoms with E-state index in [9.17, 15) is 4.79 Å². The van der Waals surface area contributed by atoms with Crippen molar-refractivity contribution >= 4 is 23.9 Å². The number of hydrazone groups is 1. The smallest absolute Gasteiger partial charge is 0.250 e. The monoisotopic (exact) mass is 482 g/mol. The first kappa shape index (κ1) is 22.2. The van der Waals surface area contributed by atoms with E-state index < -0.39 is 0 Å². The van der Waals surface area contributed by atoms with Gasteiger partial charge in [-0.3, -0.25) is 9.36 Å². The molecular weight excluding hydrogens is 464 g/mol. The third kappa shape index (κ3) is 5.00. The van der Waals surface area contributed by atoms with Gasteiger partial charge in [-0.2, -0.15) is 10.4 Å². The molecule has 0 atom stereocenters. The highest BCUT2D eigenvalue weighted by atomic mass is 32.2. The maximum absolute atomic E-state index is 12.4. The van der Waals surface area contributed by atoms with Gasteiger partial charge >= 0.3 is 0 Å². The van der Waals surface area contributed by atoms with Crippen LogP contribution in [0.15, 0.2) is 83.1 Å². The number of para-hydroxylation sites is 1. The summed E-state index contributed by atoms with van der Waals surface area (Å²) in [5.41, 5.74) is 5.42. The van der Waals surface area contributed by atoms with Crippen molar-refractivity contribution in [3.05, 3.63) is 83.9 Å². The Morgan fingerprint density at radius 2 is 1.94 bits per heavy atom. The van der Waals surface area contributed by atoms with Crippen molar-refractivity contribution in [1.29, 1.82) is 5.26 Å². The van der Waals surface area contributed by atoms with Crippen LogP contribution in [0.2, 0.25) is 0 Å². The zero-order chi connectivity index (χ0) is 24.0. The van der Waals surface area contributed by atoms with E-state index in [1.54, 1.807) is 24.3 Å². The number of carbonyl (C=O) groups is 1. The summed E-state index contributed by atoms with van der Waals surface area (Å²) in [5, 5.41) is 22.3. The lowest BCUT2D eigenvalue weighted by Crippen LogP contribution is -2.20. The van der Waals surface area contributed by atoms with Gasteiger partial charge in [0.05, 0.1) is 23.6 Å². The number of nitrogens with one attached hydrogen (secondary N) is 1. The molecule has 0 fully saturated rings. The van der Waals surface area contributed by atoms with Crippen molar-refractivity contribution in [3.63, 3.8) is 0 Å². The number of thioether (sulfide) groups is 1. The second-order valence-electron chi connectivity index (χ2n) is 7.36. The predicted molar refractivity (Wildman–Crippen MR) is 131 cm³/mol. The summed E-state index contributed by atoms with van der Waals surface area (Å²) in [6, 6.07) is 24.3. The minimum atomic E-state index is -0.296. The Morgan fingerprint density at radius 3 is 2.80 bits per heavy atom. The summed E-state index contributed by atoms with van der Waals surface area (Å²) in [6.07, 6.45) is 1.49. The van der Waals surface area contributed by atoms with Crippen molar-refractivity contribution in [3.8, 4) is 34.6 Å². The Morgan fingerprint density at radius 1 is 1.09 bits per heavy atom. The Labute approximate surface area is 205 Å². The number of rotatable bonds is 7. The molecule has 1 aliphatic heterocycles. The molecule has 1 aromatic heterocycles. The van der Waals surface area contributed by atoms with E-state index in [0.717, 1.165) is 11.3 Å². The predicted octanol–water partition coefficient (Wildman–Crippen LogP) is 3.78. The first-order valence-corrected chi connectivity index (χ1v) is 11.6. The van der Waals surface area contributed by atoms with Crippen molar-refractivity contribution in [2.75, 3.05) is 12.5 Å². The zero-order valence-corrected chi connectivity index (χ0v) is 19.1. The van der Waals surface area contributed by atoms with E-state index in [1.165, 1.54) is 18.0 Å². The Balaban J connectivity index is 1.33. The van der Waals surface area contributed by atoms with E-state index in [2.05, 4.69) is 26.8 Å². The lowest BCUT2D eigenvalue weighted by molar-refractivity contribution is -0.118. The van der Waals surface area contributed by atoms with E-state index in [0.29, 0.717) is 33.6 Å². The summed E-state index contributed by atoms with van der Waals surface area (Å²) >= 11 is 1.25. The molecule has 35 heavy (non-hydrogen) atoms. The molecule has 0 bridgehead atoms. The zero-order valence-electron chi connectivity index (χ0n) is 18.3. The average Bonchev–Trinajstić information content (AvgIpc) is 3.54. The van der Waals surface area contributed by atoms with Gasteiger partial charge in [0.15, 0.2) is 22.5 Å². The van der Waals surface area contributed by atoms with E-state index in [-0.39, 0.29) is 18.5 Å². The van der Waals surface area contributed by atoms with E-state index in [1.807, 2.05) is 53.1 Å². The Hall–Kier alpha value is -4.62. The molecule has 172 valence electrons. The van der Waals surface area contributed by atoms with Gasteiger partial charge in [-0.15, -0.1) is 10.2 Å². The minimum Gasteiger partial charge on any atom is -0.454 e. The topological polar surface area (TPSA) is 114 Å². The molecule has 1 amide bonds. The summed E-state index contributed by atoms with van der Waals surface area (Å²) < 4.78 is 12.8. The van der Waals surface area contributed by atoms with Crippen molar-refractivity contribution in [2.45, 2.75) is 5.16 Å². The quantitative estimate of drug-likeness (QED) is 0.242. The maximum atomic E-state index is 12.4. The number of fused-ring (bicyclic) bond motifs is 1. The molecule has 0 unspecified atom stereocenters. The summed E-state index contributed by atoms with van der Waals surface area (Å²) in [5.74, 6) is 1.74. The second-order valence-corrected chi connectivity index (χ2v) is 8.31. The fraction of sp³-hybridized carbons (Fsp3) is 0.0800. The number of ether oxygens (including phenoxy) is 2. The second kappa shape index (κ2) is 10.1. The first-order chi connectivity index (χ1) is 17.2. The van der Waals surface area contributed by atoms with Gasteiger partial charge < -0.3 is 9.47 Å². The highest BCUT2D eigenvalue weighted by Crippen LogP contribution is 2.37. The van der Waals surface area contributed by atoms with Crippen molar-refractivity contribution in [1.82, 2.24) is 20.2 Å². The van der Waals surface area contributed by atoms with Crippen LogP contribution in [0.4, 0.5) is 0 Å². The number of benzene rings is 3. The molecular formula is C25H18N6O3S. The van der Waals surface area contributed by atoms with Crippen LogP contribution in [0.25, 0.3) is 17.1 Å². The van der Waals surface area contributed by atoms with Crippen LogP contribution in [0.1, 0.15) is 11.1 Å². The van der Waals surface area contributed by atoms with Gasteiger partial charge in [-0.25, -0.2) is 5.43 Å². The van der Waals surface area contributed by atoms with Crippen LogP contribution in [-0.2, 0) is 4.79 Å². The summed E-state index contributed by atoms with van der Waals surface area (Å²) in [4.78, 5) is 12.4. The van der Waals surface area contributed by atoms with Crippen LogP contribution in [0.5, 0.6) is 11.5 Å². The van der Waals surface area contributed by atoms with Crippen LogP contribution >= 0.6 is 11.8 Å². The van der Waals surface area contributed by atoms with Crippen LogP contribution in [0, 0.1) is 11.3 Å². The maximum Gasteiger partial charge on any atom is 0.250 e. The molecule has 9 nitrogen and oxygen atoms in total. The highest BCUT2D eigenvalue weighted by molar-refractivity contribution is 7.99. The Bertz CT molecular complexity index is 1450.